The monoisotopic (exact) mass is 947 g/mol. The molecule has 0 nitrogen and oxygen atoms in total. The van der Waals surface area contributed by atoms with Gasteiger partial charge in [-0.25, -0.2) is 0 Å². The van der Waals surface area contributed by atoms with E-state index in [4.69, 9.17) is 0 Å². The van der Waals surface area contributed by atoms with Crippen molar-refractivity contribution in [1.29, 1.82) is 0 Å². The van der Waals surface area contributed by atoms with Gasteiger partial charge in [0.05, 0.1) is 0 Å². The molecule has 0 amide bonds. The van der Waals surface area contributed by atoms with Gasteiger partial charge in [0.15, 0.2) is 0 Å². The zero-order valence-corrected chi connectivity index (χ0v) is 37.6. The van der Waals surface area contributed by atoms with Crippen LogP contribution in [0.4, 0.5) is 0 Å². The van der Waals surface area contributed by atoms with E-state index in [0.29, 0.717) is 0 Å². The standard InChI is InChI=1S/C3H7.CH3.10Y/c1-3-2;;;;;;;;;;;/h1,3H2,2H3;1H3;;;;;;;;;;/q2*-1;;;;;;;;;;. The zero-order valence-electron chi connectivity index (χ0n) is 9.19. The second kappa shape index (κ2) is 88.0. The smallest absolute Gasteiger partial charge is 0 e. The fourth-order valence-electron chi connectivity index (χ4n) is 0. The van der Waals surface area contributed by atoms with Crippen LogP contribution >= 0.6 is 0 Å². The van der Waals surface area contributed by atoms with Crippen LogP contribution in [0.2, 0.25) is 0 Å². The van der Waals surface area contributed by atoms with Crippen molar-refractivity contribution in [2.75, 3.05) is 0 Å². The van der Waals surface area contributed by atoms with E-state index in [1.54, 1.807) is 0 Å². The molecule has 0 aliphatic carbocycles. The average Bonchev–Trinajstić information content (AvgIpc) is 0.918. The van der Waals surface area contributed by atoms with E-state index in [-0.39, 0.29) is 335 Å². The van der Waals surface area contributed by atoms with Gasteiger partial charge in [0, 0.05) is 327 Å². The summed E-state index contributed by atoms with van der Waals surface area (Å²) in [7, 11) is 0. The molecule has 0 aliphatic heterocycles. The van der Waals surface area contributed by atoms with Gasteiger partial charge in [-0.15, -0.1) is 0 Å². The maximum absolute atomic E-state index is 3.49. The molecule has 0 atom stereocenters. The number of rotatable bonds is 0. The molecule has 0 saturated carbocycles. The van der Waals surface area contributed by atoms with Gasteiger partial charge in [0.25, 0.3) is 0 Å². The Morgan fingerprint density at radius 1 is 0.571 bits per heavy atom. The molecule has 0 unspecified atom stereocenters. The summed E-state index contributed by atoms with van der Waals surface area (Å²) in [6.45, 7) is 5.50. The first-order valence-electron chi connectivity index (χ1n) is 1.21. The number of hydrogen-bond donors (Lipinski definition) is 0. The second-order valence-corrected chi connectivity index (χ2v) is 0.500. The molecule has 0 bridgehead atoms. The zero-order chi connectivity index (χ0) is 2.71. The molecular weight excluding hydrogens is 937 g/mol. The van der Waals surface area contributed by atoms with Gasteiger partial charge in [0.2, 0.25) is 0 Å². The van der Waals surface area contributed by atoms with Crippen LogP contribution in [-0.2, 0) is 327 Å². The average molecular weight is 947 g/mol. The van der Waals surface area contributed by atoms with Crippen molar-refractivity contribution in [3.05, 3.63) is 14.4 Å². The van der Waals surface area contributed by atoms with Crippen LogP contribution in [0.3, 0.4) is 0 Å². The molecule has 0 aromatic carbocycles. The minimum Gasteiger partial charge on any atom is -0.358 e. The van der Waals surface area contributed by atoms with E-state index in [0.717, 1.165) is 6.42 Å². The van der Waals surface area contributed by atoms with Gasteiger partial charge in [0.1, 0.15) is 0 Å². The van der Waals surface area contributed by atoms with Gasteiger partial charge in [-0.2, -0.15) is 6.42 Å². The van der Waals surface area contributed by atoms with Crippen LogP contribution in [0.25, 0.3) is 0 Å². The molecule has 0 spiro atoms. The van der Waals surface area contributed by atoms with E-state index >= 15 is 0 Å². The summed E-state index contributed by atoms with van der Waals surface area (Å²) in [4.78, 5) is 0. The summed E-state index contributed by atoms with van der Waals surface area (Å²) in [6, 6.07) is 0. The fraction of sp³-hybridized carbons (Fsp3) is 0.500. The summed E-state index contributed by atoms with van der Waals surface area (Å²) in [5.41, 5.74) is 0. The van der Waals surface area contributed by atoms with Crippen LogP contribution in [0.5, 0.6) is 0 Å². The van der Waals surface area contributed by atoms with Crippen molar-refractivity contribution < 1.29 is 327 Å². The summed E-state index contributed by atoms with van der Waals surface area (Å²) in [6.07, 6.45) is 1.00. The van der Waals surface area contributed by atoms with Crippen molar-refractivity contribution in [2.45, 2.75) is 13.3 Å². The van der Waals surface area contributed by atoms with Gasteiger partial charge in [-0.1, -0.05) is 6.92 Å². The SMILES string of the molecule is [CH2-]CC.[CH3-].[Y].[Y].[Y].[Y].[Y].[Y].[Y].[Y].[Y].[Y]. The van der Waals surface area contributed by atoms with E-state index in [1.165, 1.54) is 0 Å². The van der Waals surface area contributed by atoms with E-state index < -0.39 is 0 Å². The van der Waals surface area contributed by atoms with Crippen molar-refractivity contribution in [3.8, 4) is 0 Å². The molecule has 58 valence electrons. The third-order valence-electron chi connectivity index (χ3n) is 0. The Labute approximate surface area is 343 Å². The normalized spacial score (nSPS) is 1.29. The van der Waals surface area contributed by atoms with Crippen LogP contribution in [0.15, 0.2) is 0 Å². The van der Waals surface area contributed by atoms with Gasteiger partial charge in [-0.05, 0) is 0 Å². The Morgan fingerprint density at radius 3 is 0.571 bits per heavy atom. The van der Waals surface area contributed by atoms with E-state index in [9.17, 15) is 0 Å². The molecule has 0 aromatic rings. The Kier molecular flexibility index (Phi) is 535. The molecule has 10 heteroatoms. The largest absolute Gasteiger partial charge is 0.358 e. The predicted molar refractivity (Wildman–Crippen MR) is 22.1 cm³/mol. The molecule has 0 aromatic heterocycles. The van der Waals surface area contributed by atoms with Crippen LogP contribution < -0.4 is 0 Å². The van der Waals surface area contributed by atoms with Crippen LogP contribution in [0, 0.1) is 14.4 Å². The number of hydrogen-bond acceptors (Lipinski definition) is 0. The molecule has 0 saturated heterocycles. The molecule has 10 radical (unpaired) electrons. The molecule has 0 fully saturated rings. The molecule has 0 N–H and O–H groups in total. The first-order valence-corrected chi connectivity index (χ1v) is 1.21. The Hall–Kier alpha value is 11.0. The summed E-state index contributed by atoms with van der Waals surface area (Å²) < 4.78 is 0. The summed E-state index contributed by atoms with van der Waals surface area (Å²) in [5, 5.41) is 0. The molecule has 0 heterocycles. The Bertz CT molecular complexity index is 12.1. The fourth-order valence-corrected chi connectivity index (χ4v) is 0. The first kappa shape index (κ1) is 85.1. The van der Waals surface area contributed by atoms with E-state index in [2.05, 4.69) is 6.92 Å². The van der Waals surface area contributed by atoms with Crippen molar-refractivity contribution in [2.24, 2.45) is 0 Å². The quantitative estimate of drug-likeness (QED) is 0.325. The first-order chi connectivity index (χ1) is 1.41. The minimum atomic E-state index is 0. The minimum absolute atomic E-state index is 0. The molecule has 14 heavy (non-hydrogen) atoms. The molecular formula is C4H10Y10-2. The van der Waals surface area contributed by atoms with Gasteiger partial charge in [-0.3, -0.25) is 0 Å². The van der Waals surface area contributed by atoms with Gasteiger partial charge < -0.3 is 14.4 Å². The molecule has 0 aliphatic rings. The maximum atomic E-state index is 3.49. The summed E-state index contributed by atoms with van der Waals surface area (Å²) in [5.74, 6) is 0. The van der Waals surface area contributed by atoms with Crippen molar-refractivity contribution in [3.63, 3.8) is 0 Å². The third kappa shape index (κ3) is 91.8. The topological polar surface area (TPSA) is 0 Å². The van der Waals surface area contributed by atoms with Crippen LogP contribution in [0.1, 0.15) is 13.3 Å². The van der Waals surface area contributed by atoms with Crippen LogP contribution in [-0.4, -0.2) is 0 Å². The summed E-state index contributed by atoms with van der Waals surface area (Å²) >= 11 is 0. The van der Waals surface area contributed by atoms with E-state index in [1.807, 2.05) is 6.92 Å². The Balaban J connectivity index is -0.000000000364. The third-order valence-corrected chi connectivity index (χ3v) is 0. The van der Waals surface area contributed by atoms with Gasteiger partial charge >= 0.3 is 0 Å². The second-order valence-electron chi connectivity index (χ2n) is 0.500. The maximum Gasteiger partial charge on any atom is 0 e. The predicted octanol–water partition coefficient (Wildman–Crippen LogP) is 1.66. The molecule has 0 rings (SSSR count). The van der Waals surface area contributed by atoms with Crippen molar-refractivity contribution in [1.82, 2.24) is 0 Å². The van der Waals surface area contributed by atoms with Crippen molar-refractivity contribution >= 4 is 0 Å². The Morgan fingerprint density at radius 2 is 0.571 bits per heavy atom.